The lowest BCUT2D eigenvalue weighted by Crippen LogP contribution is -2.04. The van der Waals surface area contributed by atoms with E-state index in [0.29, 0.717) is 15.6 Å². The molecule has 0 radical (unpaired) electrons. The normalized spacial score (nSPS) is 10.4. The van der Waals surface area contributed by atoms with Gasteiger partial charge in [-0.3, -0.25) is 0 Å². The van der Waals surface area contributed by atoms with E-state index in [1.807, 2.05) is 0 Å². The molecule has 1 N–H and O–H groups in total. The van der Waals surface area contributed by atoms with Crippen LogP contribution in [0.5, 0.6) is 0 Å². The minimum Gasteiger partial charge on any atom is -0.376 e. The van der Waals surface area contributed by atoms with Crippen molar-refractivity contribution in [3.8, 4) is 0 Å². The molecule has 0 saturated carbocycles. The number of nitrogens with one attached hydrogen (secondary N) is 1. The maximum absolute atomic E-state index is 13.4. The van der Waals surface area contributed by atoms with Crippen LogP contribution >= 0.6 is 23.2 Å². The molecule has 0 unspecified atom stereocenters. The van der Waals surface area contributed by atoms with Gasteiger partial charge in [-0.15, -0.1) is 0 Å². The minimum atomic E-state index is -0.645. The average Bonchev–Trinajstić information content (AvgIpc) is 2.33. The molecule has 1 nitrogen and oxygen atoms in total. The first-order chi connectivity index (χ1) is 8.59. The van der Waals surface area contributed by atoms with Gasteiger partial charge in [0.2, 0.25) is 0 Å². The van der Waals surface area contributed by atoms with Gasteiger partial charge in [-0.1, -0.05) is 41.4 Å². The molecule has 0 fully saturated rings. The van der Waals surface area contributed by atoms with Crippen LogP contribution in [0.25, 0.3) is 0 Å². The van der Waals surface area contributed by atoms with E-state index in [-0.39, 0.29) is 12.2 Å². The highest BCUT2D eigenvalue weighted by Crippen LogP contribution is 2.27. The molecule has 2 aromatic rings. The van der Waals surface area contributed by atoms with Gasteiger partial charge in [0.15, 0.2) is 0 Å². The van der Waals surface area contributed by atoms with Gasteiger partial charge in [0.1, 0.15) is 17.3 Å². The van der Waals surface area contributed by atoms with Crippen LogP contribution in [0.3, 0.4) is 0 Å². The van der Waals surface area contributed by atoms with E-state index in [9.17, 15) is 8.78 Å². The predicted molar refractivity (Wildman–Crippen MR) is 70.1 cm³/mol. The molecule has 0 saturated heterocycles. The van der Waals surface area contributed by atoms with Gasteiger partial charge in [0, 0.05) is 6.54 Å². The Kier molecular flexibility index (Phi) is 4.04. The minimum absolute atomic E-state index is 0.173. The van der Waals surface area contributed by atoms with E-state index >= 15 is 0 Å². The Morgan fingerprint density at radius 1 is 0.944 bits per heavy atom. The number of benzene rings is 2. The quantitative estimate of drug-likeness (QED) is 0.848. The molecular weight excluding hydrogens is 279 g/mol. The van der Waals surface area contributed by atoms with E-state index < -0.39 is 11.6 Å². The fraction of sp³-hybridized carbons (Fsp3) is 0.0769. The summed E-state index contributed by atoms with van der Waals surface area (Å²) in [6.45, 7) is 0.192. The van der Waals surface area contributed by atoms with Crippen molar-refractivity contribution >= 4 is 28.9 Å². The number of rotatable bonds is 3. The summed E-state index contributed by atoms with van der Waals surface area (Å²) in [4.78, 5) is 0. The molecule has 18 heavy (non-hydrogen) atoms. The molecule has 5 heteroatoms. The third kappa shape index (κ3) is 2.74. The lowest BCUT2D eigenvalue weighted by atomic mass is 10.2. The monoisotopic (exact) mass is 287 g/mol. The lowest BCUT2D eigenvalue weighted by Gasteiger charge is -2.10. The molecule has 0 atom stereocenters. The third-order valence-corrected chi connectivity index (χ3v) is 3.31. The Hall–Kier alpha value is -1.32. The molecule has 2 rings (SSSR count). The molecule has 0 spiro atoms. The zero-order chi connectivity index (χ0) is 13.1. The number of anilines is 1. The average molecular weight is 288 g/mol. The second kappa shape index (κ2) is 5.55. The van der Waals surface area contributed by atoms with Crippen LogP contribution in [0.1, 0.15) is 5.56 Å². The summed E-state index contributed by atoms with van der Waals surface area (Å²) in [5.74, 6) is -1.29. The Bertz CT molecular complexity index is 553. The molecule has 0 aliphatic heterocycles. The third-order valence-electron chi connectivity index (χ3n) is 2.45. The molecule has 0 heterocycles. The first-order valence-corrected chi connectivity index (χ1v) is 5.96. The van der Waals surface area contributed by atoms with Crippen LogP contribution in [0.4, 0.5) is 14.5 Å². The highest BCUT2D eigenvalue weighted by atomic mass is 35.5. The fourth-order valence-corrected chi connectivity index (χ4v) is 1.92. The van der Waals surface area contributed by atoms with Crippen molar-refractivity contribution < 1.29 is 8.78 Å². The van der Waals surface area contributed by atoms with Crippen molar-refractivity contribution in [3.05, 3.63) is 63.6 Å². The predicted octanol–water partition coefficient (Wildman–Crippen LogP) is 4.88. The van der Waals surface area contributed by atoms with Crippen LogP contribution in [-0.4, -0.2) is 0 Å². The maximum Gasteiger partial charge on any atom is 0.149 e. The second-order valence-corrected chi connectivity index (χ2v) is 4.45. The summed E-state index contributed by atoms with van der Waals surface area (Å²) in [7, 11) is 0. The van der Waals surface area contributed by atoms with Crippen molar-refractivity contribution in [3.63, 3.8) is 0 Å². The number of hydrogen-bond donors (Lipinski definition) is 1. The van der Waals surface area contributed by atoms with Crippen LogP contribution in [0.15, 0.2) is 36.4 Å². The Balaban J connectivity index is 2.19. The van der Waals surface area contributed by atoms with E-state index in [1.54, 1.807) is 18.2 Å². The van der Waals surface area contributed by atoms with E-state index in [1.165, 1.54) is 18.2 Å². The van der Waals surface area contributed by atoms with Crippen LogP contribution < -0.4 is 5.32 Å². The van der Waals surface area contributed by atoms with Crippen molar-refractivity contribution in [2.24, 2.45) is 0 Å². The van der Waals surface area contributed by atoms with Crippen LogP contribution in [-0.2, 0) is 6.54 Å². The molecule has 0 aliphatic rings. The first-order valence-electron chi connectivity index (χ1n) is 5.20. The van der Waals surface area contributed by atoms with Gasteiger partial charge in [-0.2, -0.15) is 0 Å². The van der Waals surface area contributed by atoms with Crippen molar-refractivity contribution in [1.29, 1.82) is 0 Å². The number of para-hydroxylation sites is 1. The maximum atomic E-state index is 13.4. The molecular formula is C13H9Cl2F2N. The number of hydrogen-bond acceptors (Lipinski definition) is 1. The topological polar surface area (TPSA) is 12.0 Å². The highest BCUT2D eigenvalue weighted by Gasteiger charge is 2.09. The Labute approximate surface area is 113 Å². The molecule has 94 valence electrons. The SMILES string of the molecule is Fc1cccc(F)c1NCc1cccc(Cl)c1Cl. The largest absolute Gasteiger partial charge is 0.376 e. The van der Waals surface area contributed by atoms with Crippen molar-refractivity contribution in [2.75, 3.05) is 5.32 Å². The first kappa shape index (κ1) is 13.1. The van der Waals surface area contributed by atoms with E-state index in [2.05, 4.69) is 5.32 Å². The summed E-state index contributed by atoms with van der Waals surface area (Å²) >= 11 is 11.8. The second-order valence-electron chi connectivity index (χ2n) is 3.66. The summed E-state index contributed by atoms with van der Waals surface area (Å²) in [6, 6.07) is 8.79. The Morgan fingerprint density at radius 3 is 2.22 bits per heavy atom. The van der Waals surface area contributed by atoms with Gasteiger partial charge in [0.05, 0.1) is 10.0 Å². The molecule has 0 amide bonds. The molecule has 0 aromatic heterocycles. The highest BCUT2D eigenvalue weighted by molar-refractivity contribution is 6.42. The van der Waals surface area contributed by atoms with Gasteiger partial charge >= 0.3 is 0 Å². The summed E-state index contributed by atoms with van der Waals surface area (Å²) in [6.07, 6.45) is 0. The van der Waals surface area contributed by atoms with Crippen LogP contribution in [0.2, 0.25) is 10.0 Å². The molecule has 0 bridgehead atoms. The zero-order valence-electron chi connectivity index (χ0n) is 9.18. The summed E-state index contributed by atoms with van der Waals surface area (Å²) < 4.78 is 26.7. The fourth-order valence-electron chi connectivity index (χ4n) is 1.54. The van der Waals surface area contributed by atoms with Crippen molar-refractivity contribution in [1.82, 2.24) is 0 Å². The van der Waals surface area contributed by atoms with E-state index in [4.69, 9.17) is 23.2 Å². The smallest absolute Gasteiger partial charge is 0.149 e. The van der Waals surface area contributed by atoms with Gasteiger partial charge in [-0.05, 0) is 23.8 Å². The van der Waals surface area contributed by atoms with Gasteiger partial charge in [0.25, 0.3) is 0 Å². The molecule has 0 aliphatic carbocycles. The number of halogens is 4. The van der Waals surface area contributed by atoms with E-state index in [0.717, 1.165) is 0 Å². The Morgan fingerprint density at radius 2 is 1.56 bits per heavy atom. The van der Waals surface area contributed by atoms with Gasteiger partial charge in [-0.25, -0.2) is 8.78 Å². The van der Waals surface area contributed by atoms with Crippen molar-refractivity contribution in [2.45, 2.75) is 6.54 Å². The van der Waals surface area contributed by atoms with Gasteiger partial charge < -0.3 is 5.32 Å². The molecule has 2 aromatic carbocycles. The zero-order valence-corrected chi connectivity index (χ0v) is 10.7. The summed E-state index contributed by atoms with van der Waals surface area (Å²) in [5.41, 5.74) is 0.500. The standard InChI is InChI=1S/C13H9Cl2F2N/c14-9-4-1-3-8(12(9)15)7-18-13-10(16)5-2-6-11(13)17/h1-6,18H,7H2. The van der Waals surface area contributed by atoms with Crippen LogP contribution in [0, 0.1) is 11.6 Å². The summed E-state index contributed by atoms with van der Waals surface area (Å²) in [5, 5.41) is 3.46. The lowest BCUT2D eigenvalue weighted by molar-refractivity contribution is 0.588.